The van der Waals surface area contributed by atoms with E-state index in [1.54, 1.807) is 19.2 Å². The Morgan fingerprint density at radius 3 is 2.64 bits per heavy atom. The largest absolute Gasteiger partial charge is 0.304 e. The molecule has 11 heavy (non-hydrogen) atoms. The van der Waals surface area contributed by atoms with Crippen LogP contribution in [0.4, 0.5) is 4.39 Å². The maximum Gasteiger partial charge on any atom is 0.128 e. The molecule has 0 aliphatic rings. The summed E-state index contributed by atoms with van der Waals surface area (Å²) in [4.78, 5) is -0.108. The summed E-state index contributed by atoms with van der Waals surface area (Å²) in [6.45, 7) is 0. The van der Waals surface area contributed by atoms with Crippen molar-refractivity contribution >= 4 is 15.9 Å². The van der Waals surface area contributed by atoms with Gasteiger partial charge in [-0.2, -0.15) is 0 Å². The SMILES string of the molecule is CNC(Br)c1ccccc1F. The smallest absolute Gasteiger partial charge is 0.128 e. The molecule has 1 N–H and O–H groups in total. The van der Waals surface area contributed by atoms with Crippen molar-refractivity contribution in [3.05, 3.63) is 35.6 Å². The van der Waals surface area contributed by atoms with Crippen LogP contribution in [0.15, 0.2) is 24.3 Å². The van der Waals surface area contributed by atoms with Gasteiger partial charge in [0.1, 0.15) is 5.82 Å². The molecule has 1 atom stereocenters. The molecule has 0 aliphatic carbocycles. The Labute approximate surface area is 73.7 Å². The zero-order chi connectivity index (χ0) is 8.27. The second-order valence-corrected chi connectivity index (χ2v) is 3.09. The fraction of sp³-hybridized carbons (Fsp3) is 0.250. The lowest BCUT2D eigenvalue weighted by Gasteiger charge is -2.08. The number of nitrogens with one attached hydrogen (secondary N) is 1. The van der Waals surface area contributed by atoms with Crippen molar-refractivity contribution in [1.29, 1.82) is 0 Å². The van der Waals surface area contributed by atoms with Crippen LogP contribution in [0.5, 0.6) is 0 Å². The van der Waals surface area contributed by atoms with Crippen LogP contribution in [0.1, 0.15) is 10.5 Å². The van der Waals surface area contributed by atoms with Crippen LogP contribution in [0.25, 0.3) is 0 Å². The van der Waals surface area contributed by atoms with Gasteiger partial charge in [0.15, 0.2) is 0 Å². The predicted molar refractivity (Wildman–Crippen MR) is 47.1 cm³/mol. The quantitative estimate of drug-likeness (QED) is 0.593. The van der Waals surface area contributed by atoms with Crippen LogP contribution in [-0.2, 0) is 0 Å². The minimum absolute atomic E-state index is 0.108. The minimum Gasteiger partial charge on any atom is -0.304 e. The van der Waals surface area contributed by atoms with Gasteiger partial charge in [0.05, 0.1) is 4.95 Å². The van der Waals surface area contributed by atoms with Crippen LogP contribution in [-0.4, -0.2) is 7.05 Å². The zero-order valence-corrected chi connectivity index (χ0v) is 7.73. The summed E-state index contributed by atoms with van der Waals surface area (Å²) >= 11 is 3.28. The van der Waals surface area contributed by atoms with Gasteiger partial charge in [0.2, 0.25) is 0 Å². The predicted octanol–water partition coefficient (Wildman–Crippen LogP) is 2.44. The molecule has 1 nitrogen and oxygen atoms in total. The molecule has 0 heterocycles. The standard InChI is InChI=1S/C8H9BrFN/c1-11-8(9)6-4-2-3-5-7(6)10/h2-5,8,11H,1H3. The molecular formula is C8H9BrFN. The second-order valence-electron chi connectivity index (χ2n) is 2.17. The van der Waals surface area contributed by atoms with Gasteiger partial charge in [-0.3, -0.25) is 0 Å². The van der Waals surface area contributed by atoms with Crippen molar-refractivity contribution in [2.24, 2.45) is 0 Å². The molecule has 0 fully saturated rings. The number of alkyl halides is 1. The van der Waals surface area contributed by atoms with Crippen molar-refractivity contribution in [1.82, 2.24) is 5.32 Å². The highest BCUT2D eigenvalue weighted by molar-refractivity contribution is 9.09. The van der Waals surface area contributed by atoms with Crippen LogP contribution in [0, 0.1) is 5.82 Å². The molecule has 0 aliphatic heterocycles. The average Bonchev–Trinajstić information content (AvgIpc) is 2.04. The molecule has 1 aromatic rings. The summed E-state index contributed by atoms with van der Waals surface area (Å²) in [5, 5.41) is 2.90. The molecule has 1 unspecified atom stereocenters. The van der Waals surface area contributed by atoms with Gasteiger partial charge < -0.3 is 5.32 Å². The number of rotatable bonds is 2. The summed E-state index contributed by atoms with van der Waals surface area (Å²) in [6, 6.07) is 6.67. The molecule has 60 valence electrons. The Morgan fingerprint density at radius 2 is 2.09 bits per heavy atom. The number of halogens is 2. The summed E-state index contributed by atoms with van der Waals surface area (Å²) in [7, 11) is 1.77. The second kappa shape index (κ2) is 3.83. The molecule has 0 bridgehead atoms. The van der Waals surface area contributed by atoms with Crippen molar-refractivity contribution in [3.8, 4) is 0 Å². The highest BCUT2D eigenvalue weighted by Gasteiger charge is 2.07. The van der Waals surface area contributed by atoms with E-state index < -0.39 is 0 Å². The average molecular weight is 218 g/mol. The van der Waals surface area contributed by atoms with Crippen LogP contribution in [0.2, 0.25) is 0 Å². The van der Waals surface area contributed by atoms with E-state index in [0.717, 1.165) is 0 Å². The number of hydrogen-bond donors (Lipinski definition) is 1. The van der Waals surface area contributed by atoms with Crippen molar-refractivity contribution in [2.75, 3.05) is 7.05 Å². The van der Waals surface area contributed by atoms with Gasteiger partial charge in [-0.25, -0.2) is 4.39 Å². The minimum atomic E-state index is -0.191. The summed E-state index contributed by atoms with van der Waals surface area (Å²) in [6.07, 6.45) is 0. The lowest BCUT2D eigenvalue weighted by atomic mass is 10.2. The number of hydrogen-bond acceptors (Lipinski definition) is 1. The van der Waals surface area contributed by atoms with Gasteiger partial charge in [-0.05, 0) is 13.1 Å². The first-order chi connectivity index (χ1) is 5.25. The molecule has 0 spiro atoms. The van der Waals surface area contributed by atoms with Crippen LogP contribution in [0.3, 0.4) is 0 Å². The van der Waals surface area contributed by atoms with Gasteiger partial charge in [-0.1, -0.05) is 34.1 Å². The third kappa shape index (κ3) is 2.01. The molecular weight excluding hydrogens is 209 g/mol. The Balaban J connectivity index is 2.93. The Morgan fingerprint density at radius 1 is 1.45 bits per heavy atom. The molecule has 0 aromatic heterocycles. The first-order valence-corrected chi connectivity index (χ1v) is 4.23. The Hall–Kier alpha value is -0.410. The highest BCUT2D eigenvalue weighted by atomic mass is 79.9. The lowest BCUT2D eigenvalue weighted by molar-refractivity contribution is 0.600. The molecule has 0 amide bonds. The Bertz CT molecular complexity index is 239. The van der Waals surface area contributed by atoms with Gasteiger partial charge in [-0.15, -0.1) is 0 Å². The molecule has 1 aromatic carbocycles. The van der Waals surface area contributed by atoms with Crippen molar-refractivity contribution in [3.63, 3.8) is 0 Å². The van der Waals surface area contributed by atoms with E-state index >= 15 is 0 Å². The van der Waals surface area contributed by atoms with Crippen LogP contribution < -0.4 is 5.32 Å². The third-order valence-electron chi connectivity index (χ3n) is 1.43. The first-order valence-electron chi connectivity index (χ1n) is 3.31. The van der Waals surface area contributed by atoms with E-state index in [1.807, 2.05) is 6.07 Å². The molecule has 0 radical (unpaired) electrons. The van der Waals surface area contributed by atoms with Gasteiger partial charge >= 0.3 is 0 Å². The third-order valence-corrected chi connectivity index (χ3v) is 2.38. The van der Waals surface area contributed by atoms with Crippen molar-refractivity contribution < 1.29 is 4.39 Å². The van der Waals surface area contributed by atoms with E-state index in [0.29, 0.717) is 5.56 Å². The van der Waals surface area contributed by atoms with E-state index in [9.17, 15) is 4.39 Å². The van der Waals surface area contributed by atoms with E-state index in [-0.39, 0.29) is 10.8 Å². The van der Waals surface area contributed by atoms with E-state index in [1.165, 1.54) is 6.07 Å². The normalized spacial score (nSPS) is 13.0. The molecule has 0 saturated heterocycles. The van der Waals surface area contributed by atoms with Crippen LogP contribution >= 0.6 is 15.9 Å². The number of benzene rings is 1. The van der Waals surface area contributed by atoms with E-state index in [4.69, 9.17) is 0 Å². The molecule has 1 rings (SSSR count). The molecule has 0 saturated carbocycles. The first kappa shape index (κ1) is 8.68. The Kier molecular flexibility index (Phi) is 3.02. The van der Waals surface area contributed by atoms with Crippen molar-refractivity contribution in [2.45, 2.75) is 4.95 Å². The lowest BCUT2D eigenvalue weighted by Crippen LogP contribution is -2.10. The monoisotopic (exact) mass is 217 g/mol. The summed E-state index contributed by atoms with van der Waals surface area (Å²) in [5.41, 5.74) is 0.634. The fourth-order valence-corrected chi connectivity index (χ4v) is 1.21. The van der Waals surface area contributed by atoms with E-state index in [2.05, 4.69) is 21.2 Å². The zero-order valence-electron chi connectivity index (χ0n) is 6.14. The topological polar surface area (TPSA) is 12.0 Å². The highest BCUT2D eigenvalue weighted by Crippen LogP contribution is 2.21. The maximum absolute atomic E-state index is 13.0. The maximum atomic E-state index is 13.0. The van der Waals surface area contributed by atoms with Gasteiger partial charge in [0.25, 0.3) is 0 Å². The fourth-order valence-electron chi connectivity index (χ4n) is 0.836. The van der Waals surface area contributed by atoms with Gasteiger partial charge in [0, 0.05) is 5.56 Å². The summed E-state index contributed by atoms with van der Waals surface area (Å²) in [5.74, 6) is -0.191. The molecule has 3 heteroatoms. The summed E-state index contributed by atoms with van der Waals surface area (Å²) < 4.78 is 13.0.